The molecule has 0 radical (unpaired) electrons. The number of thiophene rings is 1. The van der Waals surface area contributed by atoms with Crippen LogP contribution >= 0.6 is 34.5 Å². The number of hydrogen-bond donors (Lipinski definition) is 1. The van der Waals surface area contributed by atoms with Crippen LogP contribution in [-0.4, -0.2) is 18.5 Å². The smallest absolute Gasteiger partial charge is 0.348 e. The van der Waals surface area contributed by atoms with E-state index in [1.807, 2.05) is 6.07 Å². The van der Waals surface area contributed by atoms with Crippen LogP contribution in [0.25, 0.3) is 0 Å². The largest absolute Gasteiger partial charge is 0.451 e. The molecule has 1 aliphatic rings. The lowest BCUT2D eigenvalue weighted by molar-refractivity contribution is -0.119. The van der Waals surface area contributed by atoms with Gasteiger partial charge in [-0.2, -0.15) is 0 Å². The number of anilines is 1. The summed E-state index contributed by atoms with van der Waals surface area (Å²) in [4.78, 5) is 26.1. The van der Waals surface area contributed by atoms with Gasteiger partial charge in [0.25, 0.3) is 5.91 Å². The third kappa shape index (κ3) is 4.58. The Morgan fingerprint density at radius 2 is 2.12 bits per heavy atom. The molecule has 1 atom stereocenters. The van der Waals surface area contributed by atoms with E-state index < -0.39 is 11.9 Å². The molecule has 1 aromatic heterocycles. The number of hydrogen-bond acceptors (Lipinski definition) is 4. The fourth-order valence-corrected chi connectivity index (χ4v) is 4.47. The van der Waals surface area contributed by atoms with Gasteiger partial charge in [-0.3, -0.25) is 4.79 Å². The zero-order valence-corrected chi connectivity index (χ0v) is 16.6. The second-order valence-electron chi connectivity index (χ2n) is 6.32. The molecule has 7 heteroatoms. The number of fused-ring (bicyclic) bond motifs is 1. The zero-order chi connectivity index (χ0) is 18.7. The van der Waals surface area contributed by atoms with E-state index in [-0.39, 0.29) is 6.61 Å². The van der Waals surface area contributed by atoms with Gasteiger partial charge in [0.1, 0.15) is 4.88 Å². The minimum Gasteiger partial charge on any atom is -0.451 e. The Morgan fingerprint density at radius 1 is 1.31 bits per heavy atom. The molecular weight excluding hydrogens is 393 g/mol. The van der Waals surface area contributed by atoms with E-state index in [4.69, 9.17) is 27.9 Å². The fourth-order valence-electron chi connectivity index (χ4n) is 3.03. The molecule has 1 aromatic carbocycles. The van der Waals surface area contributed by atoms with Gasteiger partial charge >= 0.3 is 5.97 Å². The lowest BCUT2D eigenvalue weighted by Crippen LogP contribution is -2.20. The van der Waals surface area contributed by atoms with Crippen LogP contribution in [0.5, 0.6) is 0 Å². The van der Waals surface area contributed by atoms with Crippen LogP contribution in [0.2, 0.25) is 10.0 Å². The molecule has 1 heterocycles. The summed E-state index contributed by atoms with van der Waals surface area (Å²) >= 11 is 13.4. The molecule has 3 rings (SSSR count). The molecular formula is C19H19Cl2NO3S. The summed E-state index contributed by atoms with van der Waals surface area (Å²) in [6.45, 7) is 1.82. The Labute approximate surface area is 166 Å². The highest BCUT2D eigenvalue weighted by Crippen LogP contribution is 2.33. The van der Waals surface area contributed by atoms with Gasteiger partial charge in [-0.05, 0) is 55.0 Å². The summed E-state index contributed by atoms with van der Waals surface area (Å²) in [5, 5.41) is 3.41. The number of benzene rings is 1. The SMILES string of the molecule is CC[C@H]1CCc2sc(C(=O)OCC(=O)Nc3cc(Cl)ccc3Cl)cc2C1. The molecule has 4 nitrogen and oxygen atoms in total. The highest BCUT2D eigenvalue weighted by atomic mass is 35.5. The molecule has 0 fully saturated rings. The first-order chi connectivity index (χ1) is 12.5. The maximum Gasteiger partial charge on any atom is 0.348 e. The summed E-state index contributed by atoms with van der Waals surface area (Å²) in [6, 6.07) is 6.67. The summed E-state index contributed by atoms with van der Waals surface area (Å²) in [6.07, 6.45) is 4.35. The van der Waals surface area contributed by atoms with Crippen LogP contribution in [0.15, 0.2) is 24.3 Å². The predicted molar refractivity (Wildman–Crippen MR) is 105 cm³/mol. The van der Waals surface area contributed by atoms with Crippen molar-refractivity contribution in [1.29, 1.82) is 0 Å². The molecule has 0 unspecified atom stereocenters. The number of halogens is 2. The summed E-state index contributed by atoms with van der Waals surface area (Å²) < 4.78 is 5.15. The van der Waals surface area contributed by atoms with Crippen molar-refractivity contribution in [3.05, 3.63) is 49.6 Å². The highest BCUT2D eigenvalue weighted by Gasteiger charge is 2.23. The average molecular weight is 412 g/mol. The van der Waals surface area contributed by atoms with Crippen LogP contribution in [-0.2, 0) is 22.4 Å². The minimum atomic E-state index is -0.468. The monoisotopic (exact) mass is 411 g/mol. The van der Waals surface area contributed by atoms with E-state index in [9.17, 15) is 9.59 Å². The molecule has 0 saturated heterocycles. The van der Waals surface area contributed by atoms with Gasteiger partial charge in [-0.15, -0.1) is 11.3 Å². The third-order valence-corrected chi connectivity index (χ3v) is 6.28. The van der Waals surface area contributed by atoms with Gasteiger partial charge in [0.05, 0.1) is 10.7 Å². The van der Waals surface area contributed by atoms with E-state index in [1.54, 1.807) is 18.2 Å². The fraction of sp³-hybridized carbons (Fsp3) is 0.368. The average Bonchev–Trinajstić information content (AvgIpc) is 3.06. The van der Waals surface area contributed by atoms with Gasteiger partial charge in [0, 0.05) is 9.90 Å². The van der Waals surface area contributed by atoms with Crippen LogP contribution < -0.4 is 5.32 Å². The van der Waals surface area contributed by atoms with Crippen LogP contribution in [0.3, 0.4) is 0 Å². The molecule has 2 aromatic rings. The Bertz CT molecular complexity index is 834. The van der Waals surface area contributed by atoms with Crippen molar-refractivity contribution in [3.8, 4) is 0 Å². The Morgan fingerprint density at radius 3 is 2.88 bits per heavy atom. The van der Waals surface area contributed by atoms with Crippen molar-refractivity contribution in [2.24, 2.45) is 5.92 Å². The van der Waals surface area contributed by atoms with Crippen molar-refractivity contribution < 1.29 is 14.3 Å². The number of nitrogens with one attached hydrogen (secondary N) is 1. The van der Waals surface area contributed by atoms with Gasteiger partial charge in [0.15, 0.2) is 6.61 Å². The second kappa shape index (κ2) is 8.42. The van der Waals surface area contributed by atoms with Crippen LogP contribution in [0.4, 0.5) is 5.69 Å². The first kappa shape index (κ1) is 19.2. The molecule has 1 aliphatic carbocycles. The highest BCUT2D eigenvalue weighted by molar-refractivity contribution is 7.14. The molecule has 0 spiro atoms. The number of ether oxygens (including phenoxy) is 1. The Hall–Kier alpha value is -1.56. The topological polar surface area (TPSA) is 55.4 Å². The van der Waals surface area contributed by atoms with Crippen molar-refractivity contribution >= 4 is 52.1 Å². The number of carbonyl (C=O) groups excluding carboxylic acids is 2. The van der Waals surface area contributed by atoms with Gasteiger partial charge < -0.3 is 10.1 Å². The van der Waals surface area contributed by atoms with Crippen molar-refractivity contribution in [3.63, 3.8) is 0 Å². The lowest BCUT2D eigenvalue weighted by Gasteiger charge is -2.19. The summed E-state index contributed by atoms with van der Waals surface area (Å²) in [7, 11) is 0. The van der Waals surface area contributed by atoms with E-state index in [0.717, 1.165) is 19.3 Å². The van der Waals surface area contributed by atoms with Crippen molar-refractivity contribution in [1.82, 2.24) is 0 Å². The van der Waals surface area contributed by atoms with Crippen LogP contribution in [0, 0.1) is 5.92 Å². The minimum absolute atomic E-state index is 0.366. The molecule has 138 valence electrons. The maximum atomic E-state index is 12.3. The quantitative estimate of drug-likeness (QED) is 0.673. The Balaban J connectivity index is 1.56. The van der Waals surface area contributed by atoms with Gasteiger partial charge in [-0.1, -0.05) is 36.5 Å². The van der Waals surface area contributed by atoms with E-state index >= 15 is 0 Å². The number of carbonyl (C=O) groups is 2. The molecule has 0 saturated carbocycles. The molecule has 0 bridgehead atoms. The number of aryl methyl sites for hydroxylation is 1. The number of rotatable bonds is 5. The normalized spacial score (nSPS) is 16.0. The zero-order valence-electron chi connectivity index (χ0n) is 14.3. The van der Waals surface area contributed by atoms with E-state index in [0.29, 0.717) is 26.5 Å². The maximum absolute atomic E-state index is 12.3. The number of esters is 1. The van der Waals surface area contributed by atoms with Crippen molar-refractivity contribution in [2.45, 2.75) is 32.6 Å². The summed E-state index contributed by atoms with van der Waals surface area (Å²) in [5.41, 5.74) is 1.63. The second-order valence-corrected chi connectivity index (χ2v) is 8.31. The first-order valence-corrected chi connectivity index (χ1v) is 10.1. The molecule has 1 amide bonds. The van der Waals surface area contributed by atoms with E-state index in [1.165, 1.54) is 28.2 Å². The van der Waals surface area contributed by atoms with Gasteiger partial charge in [-0.25, -0.2) is 4.79 Å². The van der Waals surface area contributed by atoms with Crippen molar-refractivity contribution in [2.75, 3.05) is 11.9 Å². The lowest BCUT2D eigenvalue weighted by atomic mass is 9.87. The molecule has 0 aliphatic heterocycles. The standard InChI is InChI=1S/C19H19Cl2NO3S/c1-2-11-3-6-16-12(7-11)8-17(26-16)19(24)25-10-18(23)22-15-9-13(20)4-5-14(15)21/h4-5,8-9,11H,2-3,6-7,10H2,1H3,(H,22,23)/t11-/m0/s1. The number of amides is 1. The first-order valence-electron chi connectivity index (χ1n) is 8.50. The predicted octanol–water partition coefficient (Wildman–Crippen LogP) is 5.37. The third-order valence-electron chi connectivity index (χ3n) is 4.50. The Kier molecular flexibility index (Phi) is 6.22. The molecule has 1 N–H and O–H groups in total. The molecule has 26 heavy (non-hydrogen) atoms. The summed E-state index contributed by atoms with van der Waals surface area (Å²) in [5.74, 6) is -0.242. The van der Waals surface area contributed by atoms with Crippen LogP contribution in [0.1, 0.15) is 39.9 Å². The van der Waals surface area contributed by atoms with Gasteiger partial charge in [0.2, 0.25) is 0 Å². The van der Waals surface area contributed by atoms with E-state index in [2.05, 4.69) is 12.2 Å².